The van der Waals surface area contributed by atoms with Gasteiger partial charge in [0.15, 0.2) is 0 Å². The second kappa shape index (κ2) is 10.2. The number of carbonyl (C=O) groups excluding carboxylic acids is 1. The minimum absolute atomic E-state index is 0. The Kier molecular flexibility index (Phi) is 9.83. The van der Waals surface area contributed by atoms with E-state index >= 15 is 0 Å². The highest BCUT2D eigenvalue weighted by atomic mass is 35.5. The van der Waals surface area contributed by atoms with Crippen LogP contribution in [0.15, 0.2) is 30.3 Å². The molecule has 0 aliphatic heterocycles. The molecule has 0 fully saturated rings. The van der Waals surface area contributed by atoms with Gasteiger partial charge in [0.25, 0.3) is 0 Å². The molecule has 0 saturated carbocycles. The van der Waals surface area contributed by atoms with Gasteiger partial charge in [0.1, 0.15) is 5.25 Å². The van der Waals surface area contributed by atoms with E-state index in [0.29, 0.717) is 13.1 Å². The summed E-state index contributed by atoms with van der Waals surface area (Å²) in [5, 5.41) is 2.84. The third-order valence-corrected chi connectivity index (χ3v) is 3.46. The Bertz CT molecular complexity index is 335. The molecule has 0 aliphatic rings. The number of amides is 1. The van der Waals surface area contributed by atoms with Crippen LogP contribution in [-0.4, -0.2) is 25.3 Å². The summed E-state index contributed by atoms with van der Waals surface area (Å²) in [6, 6.07) is 9.85. The molecule has 1 atom stereocenters. The summed E-state index contributed by atoms with van der Waals surface area (Å²) >= 11 is 1.56. The van der Waals surface area contributed by atoms with Crippen LogP contribution in [0.2, 0.25) is 0 Å². The molecule has 1 aromatic carbocycles. The van der Waals surface area contributed by atoms with Crippen molar-refractivity contribution >= 4 is 30.1 Å². The van der Waals surface area contributed by atoms with Gasteiger partial charge < -0.3 is 11.1 Å². The van der Waals surface area contributed by atoms with Crippen LogP contribution in [0, 0.1) is 0 Å². The first-order valence-corrected chi connectivity index (χ1v) is 7.14. The van der Waals surface area contributed by atoms with E-state index in [2.05, 4.69) is 5.32 Å². The fourth-order valence-corrected chi connectivity index (χ4v) is 2.32. The van der Waals surface area contributed by atoms with Gasteiger partial charge in [-0.25, -0.2) is 0 Å². The number of nitrogens with one attached hydrogen (secondary N) is 1. The Morgan fingerprint density at radius 2 is 2.00 bits per heavy atom. The van der Waals surface area contributed by atoms with Crippen LogP contribution >= 0.6 is 24.2 Å². The van der Waals surface area contributed by atoms with Crippen LogP contribution in [0.25, 0.3) is 0 Å². The Morgan fingerprint density at radius 1 is 1.33 bits per heavy atom. The van der Waals surface area contributed by atoms with Gasteiger partial charge in [-0.3, -0.25) is 4.79 Å². The lowest BCUT2D eigenvalue weighted by Crippen LogP contribution is -2.29. The van der Waals surface area contributed by atoms with E-state index < -0.39 is 0 Å². The molecule has 1 aromatic rings. The summed E-state index contributed by atoms with van der Waals surface area (Å²) in [7, 11) is 0. The summed E-state index contributed by atoms with van der Waals surface area (Å²) in [5.74, 6) is 0.0840. The first kappa shape index (κ1) is 17.3. The van der Waals surface area contributed by atoms with Crippen molar-refractivity contribution in [3.63, 3.8) is 0 Å². The highest BCUT2D eigenvalue weighted by Gasteiger charge is 2.18. The number of hydrogen-bond donors (Lipinski definition) is 2. The highest BCUT2D eigenvalue weighted by Crippen LogP contribution is 2.26. The maximum atomic E-state index is 12.0. The van der Waals surface area contributed by atoms with Gasteiger partial charge in [0, 0.05) is 6.54 Å². The van der Waals surface area contributed by atoms with Crippen molar-refractivity contribution in [3.8, 4) is 0 Å². The van der Waals surface area contributed by atoms with E-state index in [4.69, 9.17) is 5.73 Å². The monoisotopic (exact) mass is 288 g/mol. The lowest BCUT2D eigenvalue weighted by atomic mass is 10.1. The Labute approximate surface area is 119 Å². The van der Waals surface area contributed by atoms with Crippen LogP contribution in [0.3, 0.4) is 0 Å². The van der Waals surface area contributed by atoms with E-state index in [9.17, 15) is 4.79 Å². The number of nitrogens with two attached hydrogens (primary N) is 1. The summed E-state index contributed by atoms with van der Waals surface area (Å²) in [6.45, 7) is 1.39. The number of thioether (sulfide) groups is 1. The van der Waals surface area contributed by atoms with Gasteiger partial charge in [0.2, 0.25) is 5.91 Å². The summed E-state index contributed by atoms with van der Waals surface area (Å²) in [4.78, 5) is 12.0. The van der Waals surface area contributed by atoms with Gasteiger partial charge in [-0.1, -0.05) is 30.3 Å². The van der Waals surface area contributed by atoms with Gasteiger partial charge in [0.05, 0.1) is 0 Å². The lowest BCUT2D eigenvalue weighted by molar-refractivity contribution is -0.120. The van der Waals surface area contributed by atoms with Crippen molar-refractivity contribution in [3.05, 3.63) is 35.9 Å². The molecule has 0 aliphatic carbocycles. The number of rotatable bonds is 7. The second-order valence-electron chi connectivity index (χ2n) is 3.81. The first-order chi connectivity index (χ1) is 8.29. The zero-order valence-corrected chi connectivity index (χ0v) is 12.2. The molecule has 18 heavy (non-hydrogen) atoms. The van der Waals surface area contributed by atoms with E-state index in [-0.39, 0.29) is 23.6 Å². The number of hydrogen-bond acceptors (Lipinski definition) is 3. The molecule has 0 spiro atoms. The van der Waals surface area contributed by atoms with Crippen molar-refractivity contribution in [2.45, 2.75) is 18.1 Å². The average Bonchev–Trinajstić information content (AvgIpc) is 2.37. The molecular weight excluding hydrogens is 268 g/mol. The predicted molar refractivity (Wildman–Crippen MR) is 81.2 cm³/mol. The van der Waals surface area contributed by atoms with Crippen LogP contribution in [0.1, 0.15) is 23.7 Å². The van der Waals surface area contributed by atoms with Gasteiger partial charge in [-0.2, -0.15) is 0 Å². The molecule has 0 heterocycles. The molecular formula is C13H21ClN2OS. The molecule has 3 nitrogen and oxygen atoms in total. The fraction of sp³-hybridized carbons (Fsp3) is 0.462. The van der Waals surface area contributed by atoms with Gasteiger partial charge in [-0.15, -0.1) is 24.2 Å². The maximum Gasteiger partial charge on any atom is 0.237 e. The zero-order valence-electron chi connectivity index (χ0n) is 10.6. The van der Waals surface area contributed by atoms with E-state index in [1.54, 1.807) is 11.8 Å². The van der Waals surface area contributed by atoms with Crippen molar-refractivity contribution in [1.29, 1.82) is 0 Å². The average molecular weight is 289 g/mol. The third kappa shape index (κ3) is 5.76. The Balaban J connectivity index is 0.00000289. The molecule has 0 radical (unpaired) electrons. The van der Waals surface area contributed by atoms with E-state index in [0.717, 1.165) is 18.4 Å². The molecule has 1 amide bonds. The topological polar surface area (TPSA) is 55.1 Å². The standard InChI is InChI=1S/C13H20N2OS.ClH/c1-17-12(11-7-3-2-4-8-11)13(16)15-10-6-5-9-14;/h2-4,7-8,12H,5-6,9-10,14H2,1H3,(H,15,16);1H. The van der Waals surface area contributed by atoms with Gasteiger partial charge >= 0.3 is 0 Å². The van der Waals surface area contributed by atoms with Gasteiger partial charge in [-0.05, 0) is 31.2 Å². The zero-order chi connectivity index (χ0) is 12.5. The van der Waals surface area contributed by atoms with E-state index in [1.807, 2.05) is 36.6 Å². The summed E-state index contributed by atoms with van der Waals surface area (Å²) < 4.78 is 0. The molecule has 0 bridgehead atoms. The lowest BCUT2D eigenvalue weighted by Gasteiger charge is -2.14. The fourth-order valence-electron chi connectivity index (χ4n) is 1.60. The largest absolute Gasteiger partial charge is 0.355 e. The molecule has 0 aromatic heterocycles. The smallest absolute Gasteiger partial charge is 0.237 e. The summed E-state index contributed by atoms with van der Waals surface area (Å²) in [6.07, 6.45) is 3.85. The molecule has 1 unspecified atom stereocenters. The molecule has 102 valence electrons. The Hall–Kier alpha value is -0.710. The number of halogens is 1. The van der Waals surface area contributed by atoms with Crippen LogP contribution in [0.4, 0.5) is 0 Å². The molecule has 1 rings (SSSR count). The maximum absolute atomic E-state index is 12.0. The normalized spacial score (nSPS) is 11.4. The molecule has 3 N–H and O–H groups in total. The van der Waals surface area contributed by atoms with Crippen molar-refractivity contribution in [2.24, 2.45) is 5.73 Å². The first-order valence-electron chi connectivity index (χ1n) is 5.85. The van der Waals surface area contributed by atoms with Crippen molar-refractivity contribution < 1.29 is 4.79 Å². The predicted octanol–water partition coefficient (Wildman–Crippen LogP) is 2.37. The number of carbonyl (C=O) groups is 1. The highest BCUT2D eigenvalue weighted by molar-refractivity contribution is 7.99. The third-order valence-electron chi connectivity index (χ3n) is 2.51. The number of unbranched alkanes of at least 4 members (excludes halogenated alkanes) is 1. The van der Waals surface area contributed by atoms with Crippen LogP contribution in [0.5, 0.6) is 0 Å². The molecule has 5 heteroatoms. The summed E-state index contributed by atoms with van der Waals surface area (Å²) in [5.41, 5.74) is 6.46. The van der Waals surface area contributed by atoms with E-state index in [1.165, 1.54) is 0 Å². The number of benzene rings is 1. The van der Waals surface area contributed by atoms with Crippen LogP contribution in [-0.2, 0) is 4.79 Å². The quantitative estimate of drug-likeness (QED) is 0.758. The van der Waals surface area contributed by atoms with Crippen LogP contribution < -0.4 is 11.1 Å². The SMILES string of the molecule is CSC(C(=O)NCCCCN)c1ccccc1.Cl. The minimum Gasteiger partial charge on any atom is -0.355 e. The van der Waals surface area contributed by atoms with Crippen molar-refractivity contribution in [2.75, 3.05) is 19.3 Å². The van der Waals surface area contributed by atoms with Crippen molar-refractivity contribution in [1.82, 2.24) is 5.32 Å². The molecule has 0 saturated heterocycles. The second-order valence-corrected chi connectivity index (χ2v) is 4.76. The Morgan fingerprint density at radius 3 is 2.56 bits per heavy atom. The minimum atomic E-state index is -0.117.